The molecule has 1 heterocycles. The number of aromatic nitrogens is 3. The Balaban J connectivity index is 1.91. The average Bonchev–Trinajstić information content (AvgIpc) is 3.30. The maximum atomic E-state index is 11.2. The number of oxime groups is 1. The van der Waals surface area contributed by atoms with Crippen LogP contribution in [-0.2, 0) is 25.5 Å². The Morgan fingerprint density at radius 2 is 2.00 bits per heavy atom. The van der Waals surface area contributed by atoms with Crippen LogP contribution in [0.2, 0.25) is 0 Å². The third-order valence-corrected chi connectivity index (χ3v) is 5.01. The zero-order valence-electron chi connectivity index (χ0n) is 19.0. The van der Waals surface area contributed by atoms with Gasteiger partial charge in [-0.25, -0.2) is 4.68 Å². The van der Waals surface area contributed by atoms with Crippen molar-refractivity contribution in [3.63, 3.8) is 0 Å². The summed E-state index contributed by atoms with van der Waals surface area (Å²) in [6.07, 6.45) is 7.03. The van der Waals surface area contributed by atoms with E-state index in [1.54, 1.807) is 30.3 Å². The second kappa shape index (κ2) is 13.4. The second-order valence-electron chi connectivity index (χ2n) is 7.42. The van der Waals surface area contributed by atoms with Crippen molar-refractivity contribution in [2.75, 3.05) is 20.8 Å². The van der Waals surface area contributed by atoms with Gasteiger partial charge in [0.05, 0.1) is 38.6 Å². The fourth-order valence-corrected chi connectivity index (χ4v) is 3.01. The van der Waals surface area contributed by atoms with Crippen LogP contribution in [0.1, 0.15) is 43.7 Å². The molecule has 1 N–H and O–H groups in total. The first-order valence-electron chi connectivity index (χ1n) is 10.5. The molecule has 0 amide bonds. The van der Waals surface area contributed by atoms with Crippen LogP contribution in [0.25, 0.3) is 0 Å². The predicted molar refractivity (Wildman–Crippen MR) is 120 cm³/mol. The number of carbonyl (C=O) groups is 1. The Morgan fingerprint density at radius 3 is 2.66 bits per heavy atom. The van der Waals surface area contributed by atoms with Gasteiger partial charge in [0.15, 0.2) is 6.10 Å². The van der Waals surface area contributed by atoms with E-state index in [-0.39, 0.29) is 37.1 Å². The van der Waals surface area contributed by atoms with Gasteiger partial charge in [-0.1, -0.05) is 59.8 Å². The molecule has 0 bridgehead atoms. The minimum absolute atomic E-state index is 0.0171. The lowest BCUT2D eigenvalue weighted by Crippen LogP contribution is -2.20. The summed E-state index contributed by atoms with van der Waals surface area (Å²) in [6.45, 7) is 3.71. The largest absolute Gasteiger partial charge is 0.469 e. The van der Waals surface area contributed by atoms with E-state index in [2.05, 4.69) is 20.2 Å². The molecule has 9 heteroatoms. The molecule has 0 aliphatic carbocycles. The van der Waals surface area contributed by atoms with Crippen molar-refractivity contribution in [2.24, 2.45) is 11.1 Å². The van der Waals surface area contributed by atoms with Crippen LogP contribution in [-0.4, -0.2) is 59.2 Å². The van der Waals surface area contributed by atoms with Crippen LogP contribution in [0, 0.1) is 5.92 Å². The van der Waals surface area contributed by atoms with Crippen LogP contribution >= 0.6 is 0 Å². The number of hydrogen-bond acceptors (Lipinski definition) is 8. The highest BCUT2D eigenvalue weighted by Crippen LogP contribution is 2.18. The molecule has 0 radical (unpaired) electrons. The lowest BCUT2D eigenvalue weighted by molar-refractivity contribution is -0.139. The predicted octanol–water partition coefficient (Wildman–Crippen LogP) is 2.89. The first-order valence-corrected chi connectivity index (χ1v) is 10.5. The van der Waals surface area contributed by atoms with Crippen LogP contribution < -0.4 is 0 Å². The molecule has 0 saturated carbocycles. The summed E-state index contributed by atoms with van der Waals surface area (Å²) in [5.74, 6) is -0.315. The van der Waals surface area contributed by atoms with Crippen molar-refractivity contribution < 1.29 is 24.2 Å². The van der Waals surface area contributed by atoms with Gasteiger partial charge < -0.3 is 19.4 Å². The first-order chi connectivity index (χ1) is 15.5. The summed E-state index contributed by atoms with van der Waals surface area (Å²) >= 11 is 0. The molecule has 0 spiro atoms. The Labute approximate surface area is 188 Å². The maximum Gasteiger partial charge on any atom is 0.309 e. The number of hydrogen-bond donors (Lipinski definition) is 1. The molecule has 0 saturated heterocycles. The van der Waals surface area contributed by atoms with Gasteiger partial charge in [0, 0.05) is 13.0 Å². The minimum Gasteiger partial charge on any atom is -0.469 e. The van der Waals surface area contributed by atoms with Crippen LogP contribution in [0.3, 0.4) is 0 Å². The first kappa shape index (κ1) is 25.2. The molecule has 2 aromatic rings. The standard InChI is InChI=1S/C23H32N4O5/c1-17(9-8-12-23(29)31-4)22(30-3)14-24-32-18(2)21-15-27(26-25-21)20(16-28)13-19-10-6-5-7-11-19/h5-11,14-15,17-18,20,22,28H,12-13,16H2,1-4H3/b9-8+,24-14-/t17-,18-,20+,22-/m1/s1. The minimum atomic E-state index is -0.432. The van der Waals surface area contributed by atoms with E-state index >= 15 is 0 Å². The van der Waals surface area contributed by atoms with Gasteiger partial charge in [-0.05, 0) is 18.9 Å². The fraction of sp³-hybridized carbons (Fsp3) is 0.478. The number of ether oxygens (including phenoxy) is 2. The van der Waals surface area contributed by atoms with Crippen molar-refractivity contribution >= 4 is 12.2 Å². The Kier molecular flexibility index (Phi) is 10.6. The van der Waals surface area contributed by atoms with Gasteiger partial charge in [0.25, 0.3) is 0 Å². The molecule has 2 rings (SSSR count). The molecule has 9 nitrogen and oxygen atoms in total. The number of methoxy groups -OCH3 is 2. The van der Waals surface area contributed by atoms with E-state index < -0.39 is 6.10 Å². The number of benzene rings is 1. The molecule has 32 heavy (non-hydrogen) atoms. The highest BCUT2D eigenvalue weighted by atomic mass is 16.6. The van der Waals surface area contributed by atoms with E-state index in [9.17, 15) is 9.90 Å². The quantitative estimate of drug-likeness (QED) is 0.219. The SMILES string of the molecule is COC(=O)C/C=C/[C@@H](C)[C@@H](/C=N\O[C@H](C)c1cn([C@H](CO)Cc2ccccc2)nn1)OC. The molecule has 1 aromatic carbocycles. The highest BCUT2D eigenvalue weighted by Gasteiger charge is 2.17. The smallest absolute Gasteiger partial charge is 0.309 e. The molecule has 4 atom stereocenters. The van der Waals surface area contributed by atoms with Crippen molar-refractivity contribution in [3.8, 4) is 0 Å². The van der Waals surface area contributed by atoms with E-state index in [1.165, 1.54) is 7.11 Å². The lowest BCUT2D eigenvalue weighted by atomic mass is 10.0. The molecule has 0 fully saturated rings. The lowest BCUT2D eigenvalue weighted by Gasteiger charge is -2.15. The third kappa shape index (κ3) is 7.90. The fourth-order valence-electron chi connectivity index (χ4n) is 3.01. The van der Waals surface area contributed by atoms with Crippen LogP contribution in [0.5, 0.6) is 0 Å². The topological polar surface area (TPSA) is 108 Å². The van der Waals surface area contributed by atoms with Gasteiger partial charge in [0.2, 0.25) is 0 Å². The number of esters is 1. The summed E-state index contributed by atoms with van der Waals surface area (Å²) < 4.78 is 11.7. The second-order valence-corrected chi connectivity index (χ2v) is 7.42. The van der Waals surface area contributed by atoms with Crippen molar-refractivity contribution in [2.45, 2.75) is 44.9 Å². The molecular weight excluding hydrogens is 412 g/mol. The Morgan fingerprint density at radius 1 is 1.25 bits per heavy atom. The number of aliphatic hydroxyl groups excluding tert-OH is 1. The number of carbonyl (C=O) groups excluding carboxylic acids is 1. The molecule has 1 aromatic heterocycles. The molecular formula is C23H32N4O5. The average molecular weight is 445 g/mol. The summed E-state index contributed by atoms with van der Waals surface area (Å²) in [5, 5.41) is 22.1. The zero-order chi connectivity index (χ0) is 23.3. The molecule has 0 aliphatic heterocycles. The normalized spacial score (nSPS) is 15.5. The van der Waals surface area contributed by atoms with E-state index in [4.69, 9.17) is 9.57 Å². The van der Waals surface area contributed by atoms with Gasteiger partial charge in [-0.2, -0.15) is 0 Å². The monoisotopic (exact) mass is 444 g/mol. The molecule has 0 aliphatic rings. The van der Waals surface area contributed by atoms with Crippen molar-refractivity contribution in [1.29, 1.82) is 0 Å². The summed E-state index contributed by atoms with van der Waals surface area (Å²) in [7, 11) is 2.94. The van der Waals surface area contributed by atoms with Crippen LogP contribution in [0.4, 0.5) is 0 Å². The van der Waals surface area contributed by atoms with Crippen molar-refractivity contribution in [1.82, 2.24) is 15.0 Å². The van der Waals surface area contributed by atoms with Gasteiger partial charge in [0.1, 0.15) is 11.8 Å². The Hall–Kier alpha value is -3.04. The van der Waals surface area contributed by atoms with Crippen molar-refractivity contribution in [3.05, 3.63) is 59.9 Å². The summed E-state index contributed by atoms with van der Waals surface area (Å²) in [5.41, 5.74) is 1.71. The van der Waals surface area contributed by atoms with Crippen LogP contribution in [0.15, 0.2) is 53.8 Å². The van der Waals surface area contributed by atoms with Gasteiger partial charge in [-0.15, -0.1) is 5.10 Å². The highest BCUT2D eigenvalue weighted by molar-refractivity contribution is 5.71. The number of rotatable bonds is 13. The van der Waals surface area contributed by atoms with E-state index in [1.807, 2.05) is 50.3 Å². The summed E-state index contributed by atoms with van der Waals surface area (Å²) in [6, 6.07) is 9.70. The zero-order valence-corrected chi connectivity index (χ0v) is 19.0. The maximum absolute atomic E-state index is 11.2. The van der Waals surface area contributed by atoms with E-state index in [0.29, 0.717) is 12.1 Å². The molecule has 0 unspecified atom stereocenters. The Bertz CT molecular complexity index is 868. The number of nitrogens with zero attached hydrogens (tertiary/aromatic N) is 4. The molecule has 174 valence electrons. The summed E-state index contributed by atoms with van der Waals surface area (Å²) in [4.78, 5) is 16.7. The van der Waals surface area contributed by atoms with Gasteiger partial charge in [-0.3, -0.25) is 4.79 Å². The van der Waals surface area contributed by atoms with Gasteiger partial charge >= 0.3 is 5.97 Å². The van der Waals surface area contributed by atoms with E-state index in [0.717, 1.165) is 5.56 Å². The number of aliphatic hydroxyl groups is 1. The third-order valence-electron chi connectivity index (χ3n) is 5.01.